The van der Waals surface area contributed by atoms with E-state index >= 15 is 0 Å². The minimum Gasteiger partial charge on any atom is -0.497 e. The number of hydrogen-bond acceptors (Lipinski definition) is 8. The largest absolute Gasteiger partial charge is 0.497 e. The van der Waals surface area contributed by atoms with Crippen LogP contribution < -0.4 is 10.1 Å². The number of nitrogens with zero attached hydrogens (tertiary/aromatic N) is 2. The number of nitrogens with one attached hydrogen (secondary N) is 1. The molecule has 0 bridgehead atoms. The van der Waals surface area contributed by atoms with Crippen molar-refractivity contribution in [2.45, 2.75) is 11.3 Å². The van der Waals surface area contributed by atoms with Crippen molar-refractivity contribution in [1.82, 2.24) is 9.36 Å². The number of esters is 1. The summed E-state index contributed by atoms with van der Waals surface area (Å²) in [7, 11) is 1.61. The number of hydrogen-bond donors (Lipinski definition) is 1. The van der Waals surface area contributed by atoms with Crippen LogP contribution in [0.4, 0.5) is 5.69 Å². The zero-order valence-electron chi connectivity index (χ0n) is 15.9. The van der Waals surface area contributed by atoms with Gasteiger partial charge in [0.05, 0.1) is 30.7 Å². The molecule has 0 saturated heterocycles. The number of amides is 1. The minimum absolute atomic E-state index is 0.147. The molecule has 1 heterocycles. The molecule has 0 radical (unpaired) electrons. The van der Waals surface area contributed by atoms with Crippen molar-refractivity contribution in [2.24, 2.45) is 0 Å². The summed E-state index contributed by atoms with van der Waals surface area (Å²) in [4.78, 5) is 28.8. The van der Waals surface area contributed by atoms with E-state index in [0.717, 1.165) is 11.3 Å². The Morgan fingerprint density at radius 2 is 1.90 bits per heavy atom. The minimum atomic E-state index is -0.468. The Morgan fingerprint density at radius 1 is 1.14 bits per heavy atom. The number of carbonyl (C=O) groups is 2. The highest BCUT2D eigenvalue weighted by atomic mass is 32.2. The lowest BCUT2D eigenvalue weighted by Crippen LogP contribution is -2.17. The molecule has 0 aliphatic carbocycles. The summed E-state index contributed by atoms with van der Waals surface area (Å²) in [5.41, 5.74) is 1.62. The lowest BCUT2D eigenvalue weighted by molar-refractivity contribution is -0.113. The molecule has 1 aromatic heterocycles. The number of methoxy groups -OCH3 is 1. The van der Waals surface area contributed by atoms with Gasteiger partial charge in [0.1, 0.15) is 5.75 Å². The van der Waals surface area contributed by atoms with Crippen LogP contribution in [-0.2, 0) is 9.53 Å². The molecule has 2 aromatic carbocycles. The van der Waals surface area contributed by atoms with Crippen LogP contribution in [0.15, 0.2) is 52.9 Å². The van der Waals surface area contributed by atoms with Crippen LogP contribution in [0.25, 0.3) is 11.4 Å². The number of carbonyl (C=O) groups excluding carboxylic acids is 2. The summed E-state index contributed by atoms with van der Waals surface area (Å²) in [6.07, 6.45) is 0. The Hall–Kier alpha value is -2.91. The first-order valence-electron chi connectivity index (χ1n) is 8.77. The zero-order chi connectivity index (χ0) is 20.6. The maximum Gasteiger partial charge on any atom is 0.340 e. The van der Waals surface area contributed by atoms with Gasteiger partial charge < -0.3 is 14.8 Å². The van der Waals surface area contributed by atoms with Gasteiger partial charge in [-0.1, -0.05) is 23.9 Å². The van der Waals surface area contributed by atoms with Crippen molar-refractivity contribution in [3.05, 3.63) is 54.1 Å². The number of thioether (sulfide) groups is 1. The second-order valence-electron chi connectivity index (χ2n) is 5.72. The molecule has 1 amide bonds. The lowest BCUT2D eigenvalue weighted by atomic mass is 10.2. The summed E-state index contributed by atoms with van der Waals surface area (Å²) in [6.45, 7) is 2.00. The van der Waals surface area contributed by atoms with Gasteiger partial charge in [-0.25, -0.2) is 9.78 Å². The third-order valence-corrected chi connectivity index (χ3v) is 5.61. The fourth-order valence-electron chi connectivity index (χ4n) is 2.42. The van der Waals surface area contributed by atoms with Gasteiger partial charge in [0.2, 0.25) is 5.91 Å². The van der Waals surface area contributed by atoms with Crippen molar-refractivity contribution >= 4 is 40.9 Å². The van der Waals surface area contributed by atoms with Crippen molar-refractivity contribution in [2.75, 3.05) is 24.8 Å². The highest BCUT2D eigenvalue weighted by molar-refractivity contribution is 8.01. The topological polar surface area (TPSA) is 90.4 Å². The average molecular weight is 430 g/mol. The standard InChI is InChI=1S/C20H19N3O4S2/c1-3-27-19(25)15-6-4-5-7-16(15)21-17(24)12-28-20-22-18(23-29-20)13-8-10-14(26-2)11-9-13/h4-11H,3,12H2,1-2H3,(H,21,24). The molecular formula is C20H19N3O4S2. The molecule has 3 aromatic rings. The number of anilines is 1. The Labute approximate surface area is 176 Å². The highest BCUT2D eigenvalue weighted by Gasteiger charge is 2.15. The molecule has 0 saturated carbocycles. The van der Waals surface area contributed by atoms with Crippen molar-refractivity contribution in [1.29, 1.82) is 0 Å². The van der Waals surface area contributed by atoms with Crippen LogP contribution >= 0.6 is 23.3 Å². The van der Waals surface area contributed by atoms with E-state index in [-0.39, 0.29) is 18.3 Å². The molecule has 29 heavy (non-hydrogen) atoms. The van der Waals surface area contributed by atoms with E-state index in [4.69, 9.17) is 9.47 Å². The molecule has 1 N–H and O–H groups in total. The molecule has 0 aliphatic rings. The summed E-state index contributed by atoms with van der Waals surface area (Å²) in [6, 6.07) is 14.2. The van der Waals surface area contributed by atoms with E-state index in [1.165, 1.54) is 23.3 Å². The molecular weight excluding hydrogens is 410 g/mol. The van der Waals surface area contributed by atoms with Crippen LogP contribution in [0.3, 0.4) is 0 Å². The second-order valence-corrected chi connectivity index (χ2v) is 7.69. The fraction of sp³-hybridized carbons (Fsp3) is 0.200. The summed E-state index contributed by atoms with van der Waals surface area (Å²) in [5, 5.41) is 2.75. The molecule has 0 atom stereocenters. The summed E-state index contributed by atoms with van der Waals surface area (Å²) >= 11 is 2.52. The van der Waals surface area contributed by atoms with Crippen molar-refractivity contribution < 1.29 is 19.1 Å². The Morgan fingerprint density at radius 3 is 2.62 bits per heavy atom. The SMILES string of the molecule is CCOC(=O)c1ccccc1NC(=O)CSc1nc(-c2ccc(OC)cc2)ns1. The van der Waals surface area contributed by atoms with E-state index in [9.17, 15) is 9.59 Å². The smallest absolute Gasteiger partial charge is 0.340 e. The molecule has 3 rings (SSSR count). The number of rotatable bonds is 8. The van der Waals surface area contributed by atoms with Gasteiger partial charge in [-0.05, 0) is 54.9 Å². The first-order chi connectivity index (χ1) is 14.1. The van der Waals surface area contributed by atoms with Crippen LogP contribution in [0.5, 0.6) is 5.75 Å². The quantitative estimate of drug-likeness (QED) is 0.425. The first kappa shape index (κ1) is 20.8. The van der Waals surface area contributed by atoms with E-state index in [0.29, 0.717) is 21.4 Å². The fourth-order valence-corrected chi connectivity index (χ4v) is 3.83. The van der Waals surface area contributed by atoms with Gasteiger partial charge in [-0.3, -0.25) is 4.79 Å². The Balaban J connectivity index is 1.59. The number of ether oxygens (including phenoxy) is 2. The monoisotopic (exact) mass is 429 g/mol. The van der Waals surface area contributed by atoms with Crippen LogP contribution in [0.1, 0.15) is 17.3 Å². The number of benzene rings is 2. The molecule has 0 spiro atoms. The Kier molecular flexibility index (Phi) is 7.20. The molecule has 9 heteroatoms. The van der Waals surface area contributed by atoms with E-state index in [1.54, 1.807) is 38.3 Å². The van der Waals surface area contributed by atoms with Crippen LogP contribution in [0, 0.1) is 0 Å². The molecule has 150 valence electrons. The highest BCUT2D eigenvalue weighted by Crippen LogP contribution is 2.26. The average Bonchev–Trinajstić information content (AvgIpc) is 3.22. The van der Waals surface area contributed by atoms with Crippen LogP contribution in [0.2, 0.25) is 0 Å². The second kappa shape index (κ2) is 10.0. The van der Waals surface area contributed by atoms with Gasteiger partial charge in [0, 0.05) is 5.56 Å². The van der Waals surface area contributed by atoms with Gasteiger partial charge in [0.15, 0.2) is 10.2 Å². The molecule has 7 nitrogen and oxygen atoms in total. The maximum absolute atomic E-state index is 12.3. The normalized spacial score (nSPS) is 10.4. The van der Waals surface area contributed by atoms with E-state index in [2.05, 4.69) is 14.7 Å². The lowest BCUT2D eigenvalue weighted by Gasteiger charge is -2.09. The Bertz CT molecular complexity index is 989. The van der Waals surface area contributed by atoms with Crippen molar-refractivity contribution in [3.8, 4) is 17.1 Å². The maximum atomic E-state index is 12.3. The predicted molar refractivity (Wildman–Crippen MR) is 114 cm³/mol. The third kappa shape index (κ3) is 5.55. The molecule has 0 aliphatic heterocycles. The first-order valence-corrected chi connectivity index (χ1v) is 10.5. The van der Waals surface area contributed by atoms with Gasteiger partial charge in [-0.2, -0.15) is 4.37 Å². The van der Waals surface area contributed by atoms with E-state index < -0.39 is 5.97 Å². The predicted octanol–water partition coefficient (Wildman–Crippen LogP) is 4.12. The zero-order valence-corrected chi connectivity index (χ0v) is 17.5. The summed E-state index contributed by atoms with van der Waals surface area (Å²) in [5.74, 6) is 0.804. The van der Waals surface area contributed by atoms with Gasteiger partial charge >= 0.3 is 5.97 Å². The summed E-state index contributed by atoms with van der Waals surface area (Å²) < 4.78 is 15.2. The van der Waals surface area contributed by atoms with Gasteiger partial charge in [-0.15, -0.1) is 0 Å². The molecule has 0 fully saturated rings. The number of para-hydroxylation sites is 1. The molecule has 0 unspecified atom stereocenters. The van der Waals surface area contributed by atoms with Gasteiger partial charge in [0.25, 0.3) is 0 Å². The van der Waals surface area contributed by atoms with Crippen LogP contribution in [-0.4, -0.2) is 40.7 Å². The third-order valence-electron chi connectivity index (χ3n) is 3.78. The van der Waals surface area contributed by atoms with Crippen molar-refractivity contribution in [3.63, 3.8) is 0 Å². The number of aromatic nitrogens is 2. The van der Waals surface area contributed by atoms with E-state index in [1.807, 2.05) is 24.3 Å².